The highest BCUT2D eigenvalue weighted by Crippen LogP contribution is 2.27. The molecule has 0 fully saturated rings. The number of rotatable bonds is 3. The van der Waals surface area contributed by atoms with E-state index in [1.807, 2.05) is 18.5 Å². The van der Waals surface area contributed by atoms with Crippen molar-refractivity contribution in [2.75, 3.05) is 12.4 Å². The third-order valence-corrected chi connectivity index (χ3v) is 4.04. The zero-order valence-corrected chi connectivity index (χ0v) is 12.0. The predicted octanol–water partition coefficient (Wildman–Crippen LogP) is 3.37. The molecule has 1 atom stereocenters. The maximum atomic E-state index is 5.32. The van der Waals surface area contributed by atoms with E-state index >= 15 is 0 Å². The molecular formula is C17H20N2O. The summed E-state index contributed by atoms with van der Waals surface area (Å²) in [6, 6.07) is 8.93. The van der Waals surface area contributed by atoms with Gasteiger partial charge in [-0.05, 0) is 61.1 Å². The van der Waals surface area contributed by atoms with Crippen LogP contribution in [0.3, 0.4) is 0 Å². The molecule has 3 nitrogen and oxygen atoms in total. The Morgan fingerprint density at radius 2 is 2.15 bits per heavy atom. The van der Waals surface area contributed by atoms with Gasteiger partial charge in [0.05, 0.1) is 19.0 Å². The molecule has 0 radical (unpaired) electrons. The van der Waals surface area contributed by atoms with Crippen molar-refractivity contribution in [3.05, 3.63) is 53.3 Å². The van der Waals surface area contributed by atoms with Gasteiger partial charge in [-0.25, -0.2) is 0 Å². The van der Waals surface area contributed by atoms with Crippen molar-refractivity contribution in [1.82, 2.24) is 4.98 Å². The fraction of sp³-hybridized carbons (Fsp3) is 0.353. The minimum absolute atomic E-state index is 0.470. The van der Waals surface area contributed by atoms with Crippen molar-refractivity contribution in [3.8, 4) is 5.75 Å². The number of hydrogen-bond acceptors (Lipinski definition) is 3. The first-order valence-electron chi connectivity index (χ1n) is 7.09. The Bertz CT molecular complexity index is 610. The van der Waals surface area contributed by atoms with Gasteiger partial charge in [0.2, 0.25) is 0 Å². The van der Waals surface area contributed by atoms with Gasteiger partial charge >= 0.3 is 0 Å². The van der Waals surface area contributed by atoms with Crippen LogP contribution in [0.2, 0.25) is 0 Å². The normalized spacial score (nSPS) is 17.4. The van der Waals surface area contributed by atoms with Gasteiger partial charge in [0.15, 0.2) is 0 Å². The number of aryl methyl sites for hydroxylation is 2. The van der Waals surface area contributed by atoms with Crippen LogP contribution in [-0.2, 0) is 12.8 Å². The number of pyridine rings is 1. The number of aromatic nitrogens is 1. The molecule has 1 heterocycles. The van der Waals surface area contributed by atoms with E-state index in [9.17, 15) is 0 Å². The summed E-state index contributed by atoms with van der Waals surface area (Å²) >= 11 is 0. The van der Waals surface area contributed by atoms with Gasteiger partial charge in [-0.15, -0.1) is 0 Å². The summed E-state index contributed by atoms with van der Waals surface area (Å²) in [6.07, 6.45) is 7.07. The minimum atomic E-state index is 0.470. The average Bonchev–Trinajstić information content (AvgIpc) is 2.49. The molecule has 0 bridgehead atoms. The summed E-state index contributed by atoms with van der Waals surface area (Å²) in [5.74, 6) is 0.946. The zero-order valence-electron chi connectivity index (χ0n) is 12.0. The molecule has 1 aliphatic rings. The Labute approximate surface area is 120 Å². The molecule has 0 saturated heterocycles. The van der Waals surface area contributed by atoms with Crippen molar-refractivity contribution < 1.29 is 4.74 Å². The lowest BCUT2D eigenvalue weighted by Gasteiger charge is -2.27. The largest absolute Gasteiger partial charge is 0.497 e. The second-order valence-corrected chi connectivity index (χ2v) is 5.41. The number of nitrogens with one attached hydrogen (secondary N) is 1. The van der Waals surface area contributed by atoms with E-state index in [1.54, 1.807) is 7.11 Å². The van der Waals surface area contributed by atoms with Gasteiger partial charge in [-0.1, -0.05) is 6.07 Å². The Balaban J connectivity index is 1.76. The van der Waals surface area contributed by atoms with Crippen molar-refractivity contribution in [2.24, 2.45) is 0 Å². The second-order valence-electron chi connectivity index (χ2n) is 5.41. The fourth-order valence-corrected chi connectivity index (χ4v) is 2.82. The first kappa shape index (κ1) is 13.0. The Morgan fingerprint density at radius 1 is 1.25 bits per heavy atom. The number of nitrogens with zero attached hydrogens (tertiary/aromatic N) is 1. The van der Waals surface area contributed by atoms with Crippen LogP contribution < -0.4 is 10.1 Å². The van der Waals surface area contributed by atoms with E-state index in [1.165, 1.54) is 16.7 Å². The maximum Gasteiger partial charge on any atom is 0.119 e. The smallest absolute Gasteiger partial charge is 0.119 e. The summed E-state index contributed by atoms with van der Waals surface area (Å²) in [5, 5.41) is 3.62. The van der Waals surface area contributed by atoms with Gasteiger partial charge in [-0.2, -0.15) is 0 Å². The number of methoxy groups -OCH3 is 1. The molecule has 1 N–H and O–H groups in total. The molecule has 1 unspecified atom stereocenters. The molecule has 0 aliphatic heterocycles. The quantitative estimate of drug-likeness (QED) is 0.926. The van der Waals surface area contributed by atoms with E-state index < -0.39 is 0 Å². The van der Waals surface area contributed by atoms with Crippen LogP contribution in [0.15, 0.2) is 36.7 Å². The molecule has 1 aromatic carbocycles. The van der Waals surface area contributed by atoms with Crippen LogP contribution in [0.4, 0.5) is 5.69 Å². The van der Waals surface area contributed by atoms with Gasteiger partial charge < -0.3 is 10.1 Å². The molecule has 0 amide bonds. The monoisotopic (exact) mass is 268 g/mol. The first-order chi connectivity index (χ1) is 9.76. The maximum absolute atomic E-state index is 5.32. The predicted molar refractivity (Wildman–Crippen MR) is 81.4 cm³/mol. The molecule has 104 valence electrons. The molecule has 1 aromatic heterocycles. The molecule has 0 saturated carbocycles. The van der Waals surface area contributed by atoms with Gasteiger partial charge in [-0.3, -0.25) is 4.98 Å². The van der Waals surface area contributed by atoms with Crippen molar-refractivity contribution in [1.29, 1.82) is 0 Å². The summed E-state index contributed by atoms with van der Waals surface area (Å²) in [4.78, 5) is 4.20. The highest BCUT2D eigenvalue weighted by atomic mass is 16.5. The molecule has 0 spiro atoms. The average molecular weight is 268 g/mol. The van der Waals surface area contributed by atoms with E-state index in [4.69, 9.17) is 4.74 Å². The fourth-order valence-electron chi connectivity index (χ4n) is 2.82. The first-order valence-corrected chi connectivity index (χ1v) is 7.09. The molecule has 1 aliphatic carbocycles. The molecule has 20 heavy (non-hydrogen) atoms. The molecular weight excluding hydrogens is 248 g/mol. The van der Waals surface area contributed by atoms with E-state index in [-0.39, 0.29) is 0 Å². The van der Waals surface area contributed by atoms with Crippen molar-refractivity contribution in [2.45, 2.75) is 32.2 Å². The summed E-state index contributed by atoms with van der Waals surface area (Å²) in [6.45, 7) is 2.11. The van der Waals surface area contributed by atoms with E-state index in [0.29, 0.717) is 6.04 Å². The Hall–Kier alpha value is -2.03. The number of fused-ring (bicyclic) bond motifs is 1. The van der Waals surface area contributed by atoms with Gasteiger partial charge in [0.25, 0.3) is 0 Å². The third-order valence-electron chi connectivity index (χ3n) is 4.04. The zero-order chi connectivity index (χ0) is 13.9. The van der Waals surface area contributed by atoms with Crippen LogP contribution in [0.1, 0.15) is 23.1 Å². The van der Waals surface area contributed by atoms with Crippen LogP contribution in [0.5, 0.6) is 5.75 Å². The van der Waals surface area contributed by atoms with Crippen LogP contribution in [-0.4, -0.2) is 18.1 Å². The molecule has 2 aromatic rings. The standard InChI is InChI=1S/C17H20N2O/c1-12-7-8-18-11-17(12)19-15-5-3-13-4-6-16(20-2)10-14(13)9-15/h4,6-8,10-11,15,19H,3,5,9H2,1-2H3. The summed E-state index contributed by atoms with van der Waals surface area (Å²) in [5.41, 5.74) is 5.24. The lowest BCUT2D eigenvalue weighted by Crippen LogP contribution is -2.27. The van der Waals surface area contributed by atoms with E-state index in [2.05, 4.69) is 35.4 Å². The minimum Gasteiger partial charge on any atom is -0.497 e. The molecule has 3 rings (SSSR count). The SMILES string of the molecule is COc1ccc2c(c1)CC(Nc1cnccc1C)CC2. The van der Waals surface area contributed by atoms with Crippen LogP contribution in [0, 0.1) is 6.92 Å². The lowest BCUT2D eigenvalue weighted by atomic mass is 9.88. The summed E-state index contributed by atoms with van der Waals surface area (Å²) in [7, 11) is 1.72. The second kappa shape index (κ2) is 5.53. The van der Waals surface area contributed by atoms with E-state index in [0.717, 1.165) is 30.7 Å². The third kappa shape index (κ3) is 2.62. The van der Waals surface area contributed by atoms with Crippen LogP contribution >= 0.6 is 0 Å². The highest BCUT2D eigenvalue weighted by molar-refractivity contribution is 5.50. The number of benzene rings is 1. The number of hydrogen-bond donors (Lipinski definition) is 1. The van der Waals surface area contributed by atoms with Gasteiger partial charge in [0.1, 0.15) is 5.75 Å². The summed E-state index contributed by atoms with van der Waals surface area (Å²) < 4.78 is 5.32. The van der Waals surface area contributed by atoms with Crippen molar-refractivity contribution in [3.63, 3.8) is 0 Å². The van der Waals surface area contributed by atoms with Crippen LogP contribution in [0.25, 0.3) is 0 Å². The highest BCUT2D eigenvalue weighted by Gasteiger charge is 2.19. The number of ether oxygens (including phenoxy) is 1. The molecule has 3 heteroatoms. The van der Waals surface area contributed by atoms with Crippen molar-refractivity contribution >= 4 is 5.69 Å². The topological polar surface area (TPSA) is 34.1 Å². The lowest BCUT2D eigenvalue weighted by molar-refractivity contribution is 0.413. The number of anilines is 1. The Morgan fingerprint density at radius 3 is 2.95 bits per heavy atom. The Kier molecular flexibility index (Phi) is 3.59. The van der Waals surface area contributed by atoms with Gasteiger partial charge in [0, 0.05) is 12.2 Å².